The fraction of sp³-hybridized carbons (Fsp3) is 0.583. The molecule has 0 amide bonds. The monoisotopic (exact) mass is 390 g/mol. The molecule has 0 aromatic rings. The van der Waals surface area contributed by atoms with Crippen molar-refractivity contribution in [2.24, 2.45) is 11.8 Å². The Bertz CT molecular complexity index is 610. The minimum absolute atomic E-state index is 0.00946. The van der Waals surface area contributed by atoms with Crippen LogP contribution in [0.1, 0.15) is 60.8 Å². The Morgan fingerprint density at radius 2 is 1.71 bits per heavy atom. The molecular formula is C24H38O4. The van der Waals surface area contributed by atoms with Gasteiger partial charge in [-0.15, -0.1) is 0 Å². The van der Waals surface area contributed by atoms with Crippen LogP contribution >= 0.6 is 0 Å². The number of aliphatic hydroxyl groups is 1. The van der Waals surface area contributed by atoms with Gasteiger partial charge in [-0.2, -0.15) is 0 Å². The highest BCUT2D eigenvalue weighted by Crippen LogP contribution is 2.20. The van der Waals surface area contributed by atoms with E-state index in [2.05, 4.69) is 32.9 Å². The van der Waals surface area contributed by atoms with Crippen molar-refractivity contribution in [3.8, 4) is 0 Å². The summed E-state index contributed by atoms with van der Waals surface area (Å²) in [4.78, 5) is 23.9. The van der Waals surface area contributed by atoms with Crippen molar-refractivity contribution in [1.82, 2.24) is 0 Å². The Balaban J connectivity index is 4.83. The fourth-order valence-electron chi connectivity index (χ4n) is 2.75. The molecule has 0 aliphatic rings. The molecule has 1 N–H and O–H groups in total. The van der Waals surface area contributed by atoms with Crippen LogP contribution < -0.4 is 0 Å². The topological polar surface area (TPSA) is 63.6 Å². The average Bonchev–Trinajstić information content (AvgIpc) is 2.65. The number of ketones is 2. The molecular weight excluding hydrogens is 352 g/mol. The van der Waals surface area contributed by atoms with Crippen LogP contribution in [0.5, 0.6) is 0 Å². The smallest absolute Gasteiger partial charge is 0.167 e. The summed E-state index contributed by atoms with van der Waals surface area (Å²) in [6, 6.07) is 0. The number of carbonyl (C=O) groups is 2. The highest BCUT2D eigenvalue weighted by molar-refractivity contribution is 5.86. The second-order valence-corrected chi connectivity index (χ2v) is 7.61. The van der Waals surface area contributed by atoms with Crippen LogP contribution in [0.3, 0.4) is 0 Å². The van der Waals surface area contributed by atoms with E-state index in [1.807, 2.05) is 25.2 Å². The van der Waals surface area contributed by atoms with Gasteiger partial charge in [-0.05, 0) is 45.1 Å². The van der Waals surface area contributed by atoms with Gasteiger partial charge in [-0.25, -0.2) is 0 Å². The Morgan fingerprint density at radius 1 is 1.07 bits per heavy atom. The zero-order valence-corrected chi connectivity index (χ0v) is 18.6. The lowest BCUT2D eigenvalue weighted by Gasteiger charge is -2.25. The second-order valence-electron chi connectivity index (χ2n) is 7.61. The van der Waals surface area contributed by atoms with Gasteiger partial charge in [0.2, 0.25) is 0 Å². The molecule has 0 aliphatic heterocycles. The first-order valence-corrected chi connectivity index (χ1v) is 10.0. The summed E-state index contributed by atoms with van der Waals surface area (Å²) >= 11 is 0. The van der Waals surface area contributed by atoms with Crippen molar-refractivity contribution in [3.63, 3.8) is 0 Å². The second kappa shape index (κ2) is 14.3. The molecule has 0 spiro atoms. The first-order chi connectivity index (χ1) is 13.1. The van der Waals surface area contributed by atoms with Crippen molar-refractivity contribution in [2.45, 2.75) is 73.0 Å². The number of rotatable bonds is 13. The molecule has 2 unspecified atom stereocenters. The number of hydrogen-bond acceptors (Lipinski definition) is 4. The van der Waals surface area contributed by atoms with Crippen LogP contribution in [0.25, 0.3) is 0 Å². The lowest BCUT2D eigenvalue weighted by atomic mass is 9.88. The Hall–Kier alpha value is -1.78. The van der Waals surface area contributed by atoms with Gasteiger partial charge < -0.3 is 9.84 Å². The third-order valence-corrected chi connectivity index (χ3v) is 4.81. The van der Waals surface area contributed by atoms with E-state index in [1.165, 1.54) is 19.6 Å². The third-order valence-electron chi connectivity index (χ3n) is 4.81. The predicted octanol–water partition coefficient (Wildman–Crippen LogP) is 4.99. The molecule has 0 rings (SSSR count). The number of ether oxygens (including phenoxy) is 1. The molecule has 4 nitrogen and oxygen atoms in total. The maximum absolute atomic E-state index is 12.8. The zero-order valence-electron chi connectivity index (χ0n) is 18.6. The molecule has 0 saturated heterocycles. The summed E-state index contributed by atoms with van der Waals surface area (Å²) < 4.78 is 5.29. The van der Waals surface area contributed by atoms with Crippen molar-refractivity contribution < 1.29 is 19.4 Å². The summed E-state index contributed by atoms with van der Waals surface area (Å²) in [5, 5.41) is 10.5. The van der Waals surface area contributed by atoms with E-state index < -0.39 is 12.2 Å². The van der Waals surface area contributed by atoms with E-state index in [0.717, 1.165) is 6.42 Å². The summed E-state index contributed by atoms with van der Waals surface area (Å²) in [6.07, 6.45) is 11.8. The van der Waals surface area contributed by atoms with Gasteiger partial charge in [-0.3, -0.25) is 9.59 Å². The van der Waals surface area contributed by atoms with Crippen molar-refractivity contribution in [2.75, 3.05) is 7.11 Å². The molecule has 0 aromatic carbocycles. The molecule has 0 saturated carbocycles. The van der Waals surface area contributed by atoms with Crippen LogP contribution in [0.15, 0.2) is 47.6 Å². The minimum Gasteiger partial charge on any atom is -0.386 e. The molecule has 0 heterocycles. The Kier molecular flexibility index (Phi) is 13.3. The normalized spacial score (nSPS) is 17.7. The maximum Gasteiger partial charge on any atom is 0.167 e. The first kappa shape index (κ1) is 26.2. The van der Waals surface area contributed by atoms with E-state index in [4.69, 9.17) is 4.74 Å². The van der Waals surface area contributed by atoms with Gasteiger partial charge in [0.1, 0.15) is 18.0 Å². The molecule has 0 aromatic heterocycles. The number of carbonyl (C=O) groups excluding carboxylic acids is 2. The van der Waals surface area contributed by atoms with Gasteiger partial charge in [0.25, 0.3) is 0 Å². The standard InChI is InChI=1S/C24H38O4/c1-8-17(2)12-10-9-11-13-18(3)16-20(5)23(27)24(28-7)22(26)19(4)14-15-21(6)25/h9-14,18,20,22,24,26H,8,15-16H2,1-7H3/b10-9+,13-11+,17-12+,19-14+/t18-,20?,22?,24-/m1/s1. The Labute approximate surface area is 171 Å². The van der Waals surface area contributed by atoms with Crippen LogP contribution in [0.2, 0.25) is 0 Å². The number of aliphatic hydroxyl groups excluding tert-OH is 1. The average molecular weight is 391 g/mol. The van der Waals surface area contributed by atoms with Crippen LogP contribution in [0.4, 0.5) is 0 Å². The lowest BCUT2D eigenvalue weighted by molar-refractivity contribution is -0.138. The van der Waals surface area contributed by atoms with E-state index in [0.29, 0.717) is 12.0 Å². The molecule has 0 fully saturated rings. The number of hydrogen-bond donors (Lipinski definition) is 1. The van der Waals surface area contributed by atoms with Gasteiger partial charge >= 0.3 is 0 Å². The van der Waals surface area contributed by atoms with Gasteiger partial charge in [0.15, 0.2) is 5.78 Å². The number of Topliss-reactive ketones (excluding diaryl/α,β-unsaturated/α-hetero) is 2. The molecule has 0 bridgehead atoms. The Morgan fingerprint density at radius 3 is 2.25 bits per heavy atom. The SMILES string of the molecule is CC/C(C)=C/C=C/C=C/[C@@H](C)CC(C)C(=O)[C@H](OC)C(O)/C(C)=C/CC(C)=O. The summed E-state index contributed by atoms with van der Waals surface area (Å²) in [5.74, 6) is -0.131. The van der Waals surface area contributed by atoms with Gasteiger partial charge in [0, 0.05) is 19.4 Å². The van der Waals surface area contributed by atoms with E-state index in [1.54, 1.807) is 13.0 Å². The van der Waals surface area contributed by atoms with E-state index in [-0.39, 0.29) is 29.8 Å². The molecule has 4 atom stereocenters. The van der Waals surface area contributed by atoms with E-state index >= 15 is 0 Å². The van der Waals surface area contributed by atoms with E-state index in [9.17, 15) is 14.7 Å². The summed E-state index contributed by atoms with van der Waals surface area (Å²) in [7, 11) is 1.43. The first-order valence-electron chi connectivity index (χ1n) is 10.0. The highest BCUT2D eigenvalue weighted by atomic mass is 16.5. The molecule has 0 aliphatic carbocycles. The lowest BCUT2D eigenvalue weighted by Crippen LogP contribution is -2.40. The van der Waals surface area contributed by atoms with Gasteiger partial charge in [-0.1, -0.05) is 62.8 Å². The minimum atomic E-state index is -1.04. The summed E-state index contributed by atoms with van der Waals surface area (Å²) in [5.41, 5.74) is 1.91. The van der Waals surface area contributed by atoms with Crippen LogP contribution in [0, 0.1) is 11.8 Å². The predicted molar refractivity (Wildman–Crippen MR) is 116 cm³/mol. The highest BCUT2D eigenvalue weighted by Gasteiger charge is 2.31. The molecule has 0 radical (unpaired) electrons. The number of allylic oxidation sites excluding steroid dienone is 7. The zero-order chi connectivity index (χ0) is 21.7. The molecule has 158 valence electrons. The van der Waals surface area contributed by atoms with Crippen LogP contribution in [-0.4, -0.2) is 36.0 Å². The largest absolute Gasteiger partial charge is 0.386 e. The molecule has 28 heavy (non-hydrogen) atoms. The van der Waals surface area contributed by atoms with Gasteiger partial charge in [0.05, 0.1) is 0 Å². The third kappa shape index (κ3) is 10.5. The summed E-state index contributed by atoms with van der Waals surface area (Å²) in [6.45, 7) is 11.4. The fourth-order valence-corrected chi connectivity index (χ4v) is 2.75. The van der Waals surface area contributed by atoms with Crippen molar-refractivity contribution in [1.29, 1.82) is 0 Å². The quantitative estimate of drug-likeness (QED) is 0.355. The van der Waals surface area contributed by atoms with Crippen LogP contribution in [-0.2, 0) is 14.3 Å². The number of methoxy groups -OCH3 is 1. The van der Waals surface area contributed by atoms with Crippen molar-refractivity contribution >= 4 is 11.6 Å². The van der Waals surface area contributed by atoms with Crippen molar-refractivity contribution in [3.05, 3.63) is 47.6 Å². The maximum atomic E-state index is 12.8. The molecule has 4 heteroatoms.